The second kappa shape index (κ2) is 10.4. The molecule has 1 fully saturated rings. The first-order valence-corrected chi connectivity index (χ1v) is 13.6. The van der Waals surface area contributed by atoms with E-state index in [1.807, 2.05) is 49.4 Å². The van der Waals surface area contributed by atoms with E-state index in [1.165, 1.54) is 21.8 Å². The Kier molecular flexibility index (Phi) is 7.04. The summed E-state index contributed by atoms with van der Waals surface area (Å²) in [6, 6.07) is 19.8. The van der Waals surface area contributed by atoms with Crippen LogP contribution in [0.2, 0.25) is 0 Å². The van der Waals surface area contributed by atoms with Crippen LogP contribution in [0.3, 0.4) is 0 Å². The van der Waals surface area contributed by atoms with E-state index >= 15 is 0 Å². The van der Waals surface area contributed by atoms with E-state index < -0.39 is 17.7 Å². The minimum atomic E-state index is -0.818. The van der Waals surface area contributed by atoms with Gasteiger partial charge in [-0.3, -0.25) is 14.5 Å². The number of nitrogens with zero attached hydrogens (tertiary/aromatic N) is 2. The maximum Gasteiger partial charge on any atom is 0.301 e. The lowest BCUT2D eigenvalue weighted by atomic mass is 9.94. The van der Waals surface area contributed by atoms with Gasteiger partial charge < -0.3 is 9.84 Å². The van der Waals surface area contributed by atoms with Gasteiger partial charge in [0, 0.05) is 5.56 Å². The van der Waals surface area contributed by atoms with Crippen LogP contribution < -0.4 is 9.64 Å². The number of aliphatic hydroxyl groups excluding tert-OH is 1. The summed E-state index contributed by atoms with van der Waals surface area (Å²) in [6.07, 6.45) is 0.886. The average molecular weight is 527 g/mol. The largest absolute Gasteiger partial charge is 0.507 e. The number of ketones is 1. The van der Waals surface area contributed by atoms with E-state index in [-0.39, 0.29) is 11.3 Å². The molecule has 4 aromatic rings. The van der Waals surface area contributed by atoms with Crippen molar-refractivity contribution in [1.29, 1.82) is 0 Å². The normalized spacial score (nSPS) is 17.1. The molecule has 1 aromatic heterocycles. The van der Waals surface area contributed by atoms with Crippen molar-refractivity contribution in [2.24, 2.45) is 5.92 Å². The van der Waals surface area contributed by atoms with E-state index in [4.69, 9.17) is 9.72 Å². The summed E-state index contributed by atoms with van der Waals surface area (Å²) >= 11 is 1.37. The van der Waals surface area contributed by atoms with Gasteiger partial charge in [-0.2, -0.15) is 0 Å². The zero-order chi connectivity index (χ0) is 27.0. The lowest BCUT2D eigenvalue weighted by molar-refractivity contribution is -0.132. The molecule has 38 heavy (non-hydrogen) atoms. The Bertz CT molecular complexity index is 1570. The topological polar surface area (TPSA) is 79.7 Å². The molecule has 0 aliphatic carbocycles. The van der Waals surface area contributed by atoms with Gasteiger partial charge in [-0.15, -0.1) is 0 Å². The van der Waals surface area contributed by atoms with Gasteiger partial charge in [-0.25, -0.2) is 4.98 Å². The number of fused-ring (bicyclic) bond motifs is 1. The zero-order valence-electron chi connectivity index (χ0n) is 21.9. The molecule has 1 N–H and O–H groups in total. The molecular weight excluding hydrogens is 496 g/mol. The number of Topliss-reactive ketones (excluding diaryl/α,β-unsaturated/α-hetero) is 1. The lowest BCUT2D eigenvalue weighted by Crippen LogP contribution is -2.29. The summed E-state index contributed by atoms with van der Waals surface area (Å²) in [5.74, 6) is -0.763. The fourth-order valence-corrected chi connectivity index (χ4v) is 5.67. The Balaban J connectivity index is 1.66. The summed E-state index contributed by atoms with van der Waals surface area (Å²) in [5.41, 5.74) is 4.10. The molecule has 5 rings (SSSR count). The second-order valence-corrected chi connectivity index (χ2v) is 11.0. The summed E-state index contributed by atoms with van der Waals surface area (Å²) < 4.78 is 6.78. The van der Waals surface area contributed by atoms with Gasteiger partial charge in [0.05, 0.1) is 28.4 Å². The fraction of sp³-hybridized carbons (Fsp3) is 0.258. The van der Waals surface area contributed by atoms with Crippen molar-refractivity contribution in [3.8, 4) is 5.75 Å². The molecular formula is C31H30N2O4S. The highest BCUT2D eigenvalue weighted by atomic mass is 32.1. The van der Waals surface area contributed by atoms with Crippen molar-refractivity contribution >= 4 is 44.1 Å². The first-order valence-electron chi connectivity index (χ1n) is 12.8. The summed E-state index contributed by atoms with van der Waals surface area (Å²) in [6.45, 7) is 8.67. The third-order valence-corrected chi connectivity index (χ3v) is 7.57. The van der Waals surface area contributed by atoms with Gasteiger partial charge in [0.25, 0.3) is 5.78 Å². The SMILES string of the molecule is CCc1ccc2nc(N3C(=O)C(=O)/C(=C(/O)c4cccc(OCC(C)C)c4)C3c3cccc(C)c3)sc2c1. The van der Waals surface area contributed by atoms with Crippen LogP contribution in [0, 0.1) is 12.8 Å². The highest BCUT2D eigenvalue weighted by Crippen LogP contribution is 2.44. The van der Waals surface area contributed by atoms with Gasteiger partial charge in [0.15, 0.2) is 5.13 Å². The molecule has 2 heterocycles. The Morgan fingerprint density at radius 3 is 2.61 bits per heavy atom. The minimum absolute atomic E-state index is 0.0371. The molecule has 7 heteroatoms. The maximum absolute atomic E-state index is 13.5. The minimum Gasteiger partial charge on any atom is -0.507 e. The number of aryl methyl sites for hydroxylation is 2. The first-order chi connectivity index (χ1) is 18.3. The summed E-state index contributed by atoms with van der Waals surface area (Å²) in [5, 5.41) is 11.9. The molecule has 3 aromatic carbocycles. The van der Waals surface area contributed by atoms with Crippen LogP contribution in [0.25, 0.3) is 16.0 Å². The predicted octanol–water partition coefficient (Wildman–Crippen LogP) is 6.83. The summed E-state index contributed by atoms with van der Waals surface area (Å²) in [4.78, 5) is 33.2. The van der Waals surface area contributed by atoms with Crippen LogP contribution in [0.4, 0.5) is 5.13 Å². The maximum atomic E-state index is 13.5. The van der Waals surface area contributed by atoms with Crippen molar-refractivity contribution in [2.75, 3.05) is 11.5 Å². The number of aliphatic hydroxyl groups is 1. The van der Waals surface area contributed by atoms with Crippen molar-refractivity contribution in [3.63, 3.8) is 0 Å². The molecule has 1 aliphatic rings. The smallest absolute Gasteiger partial charge is 0.301 e. The van der Waals surface area contributed by atoms with E-state index in [0.717, 1.165) is 27.8 Å². The number of anilines is 1. The first kappa shape index (κ1) is 25.7. The van der Waals surface area contributed by atoms with Gasteiger partial charge in [0.1, 0.15) is 11.5 Å². The average Bonchev–Trinajstić information content (AvgIpc) is 3.44. The van der Waals surface area contributed by atoms with E-state index in [1.54, 1.807) is 18.2 Å². The number of rotatable bonds is 7. The van der Waals surface area contributed by atoms with Crippen LogP contribution in [-0.2, 0) is 16.0 Å². The molecule has 0 radical (unpaired) electrons. The Hall–Kier alpha value is -3.97. The standard InChI is InChI=1S/C31H30N2O4S/c1-5-20-12-13-24-25(15-20)38-31(32-24)33-27(21-9-6-8-19(4)14-21)26(29(35)30(33)36)28(34)22-10-7-11-23(16-22)37-17-18(2)3/h6-16,18,27,34H,5,17H2,1-4H3/b28-26+. The number of carbonyl (C=O) groups is 2. The van der Waals surface area contributed by atoms with Crippen molar-refractivity contribution in [3.05, 3.63) is 94.6 Å². The molecule has 6 nitrogen and oxygen atoms in total. The molecule has 0 bridgehead atoms. The Labute approximate surface area is 226 Å². The van der Waals surface area contributed by atoms with Gasteiger partial charge >= 0.3 is 5.91 Å². The molecule has 0 saturated carbocycles. The van der Waals surface area contributed by atoms with Gasteiger partial charge in [-0.1, -0.05) is 80.1 Å². The molecule has 1 saturated heterocycles. The highest BCUT2D eigenvalue weighted by molar-refractivity contribution is 7.22. The number of ether oxygens (including phenoxy) is 1. The number of hydrogen-bond donors (Lipinski definition) is 1. The monoisotopic (exact) mass is 526 g/mol. The van der Waals surface area contributed by atoms with Crippen molar-refractivity contribution < 1.29 is 19.4 Å². The zero-order valence-corrected chi connectivity index (χ0v) is 22.7. The Morgan fingerprint density at radius 1 is 1.08 bits per heavy atom. The number of amides is 1. The number of benzene rings is 3. The number of hydrogen-bond acceptors (Lipinski definition) is 6. The van der Waals surface area contributed by atoms with Crippen molar-refractivity contribution in [2.45, 2.75) is 40.2 Å². The van der Waals surface area contributed by atoms with Crippen LogP contribution in [0.15, 0.2) is 72.3 Å². The van der Waals surface area contributed by atoms with Crippen LogP contribution in [-0.4, -0.2) is 28.4 Å². The highest BCUT2D eigenvalue weighted by Gasteiger charge is 2.48. The molecule has 1 amide bonds. The van der Waals surface area contributed by atoms with Gasteiger partial charge in [-0.05, 0) is 54.7 Å². The molecule has 1 atom stereocenters. The van der Waals surface area contributed by atoms with E-state index in [0.29, 0.717) is 29.0 Å². The molecule has 0 spiro atoms. The fourth-order valence-electron chi connectivity index (χ4n) is 4.62. The third kappa shape index (κ3) is 4.82. The molecule has 1 unspecified atom stereocenters. The number of carbonyl (C=O) groups excluding carboxylic acids is 2. The molecule has 1 aliphatic heterocycles. The number of aromatic nitrogens is 1. The van der Waals surface area contributed by atoms with E-state index in [9.17, 15) is 14.7 Å². The van der Waals surface area contributed by atoms with Crippen LogP contribution in [0.5, 0.6) is 5.75 Å². The number of thiazole rings is 1. The predicted molar refractivity (Wildman–Crippen MR) is 152 cm³/mol. The Morgan fingerprint density at radius 2 is 1.87 bits per heavy atom. The van der Waals surface area contributed by atoms with Crippen LogP contribution in [0.1, 0.15) is 49.1 Å². The van der Waals surface area contributed by atoms with Crippen LogP contribution >= 0.6 is 11.3 Å². The summed E-state index contributed by atoms with van der Waals surface area (Å²) in [7, 11) is 0. The lowest BCUT2D eigenvalue weighted by Gasteiger charge is -2.23. The third-order valence-electron chi connectivity index (χ3n) is 6.55. The van der Waals surface area contributed by atoms with Gasteiger partial charge in [0.2, 0.25) is 0 Å². The molecule has 194 valence electrons. The van der Waals surface area contributed by atoms with Crippen molar-refractivity contribution in [1.82, 2.24) is 4.98 Å². The van der Waals surface area contributed by atoms with E-state index in [2.05, 4.69) is 26.8 Å². The second-order valence-electron chi connectivity index (χ2n) is 9.97. The quantitative estimate of drug-likeness (QED) is 0.162.